The fourth-order valence-corrected chi connectivity index (χ4v) is 2.78. The summed E-state index contributed by atoms with van der Waals surface area (Å²) in [5.41, 5.74) is 3.22. The lowest BCUT2D eigenvalue weighted by Gasteiger charge is -2.13. The molecule has 2 rings (SSSR count). The highest BCUT2D eigenvalue weighted by molar-refractivity contribution is 5.94. The minimum atomic E-state index is -0.304. The molecule has 3 N–H and O–H groups in total. The number of carbonyl (C=O) groups is 2. The molecule has 1 heterocycles. The molecule has 0 saturated carbocycles. The first-order valence-electron chi connectivity index (χ1n) is 8.16. The van der Waals surface area contributed by atoms with E-state index in [-0.39, 0.29) is 23.5 Å². The van der Waals surface area contributed by atoms with Crippen LogP contribution in [-0.4, -0.2) is 39.8 Å². The van der Waals surface area contributed by atoms with Gasteiger partial charge in [0, 0.05) is 37.0 Å². The highest BCUT2D eigenvalue weighted by Crippen LogP contribution is 2.22. The lowest BCUT2D eigenvalue weighted by atomic mass is 9.98. The second-order valence-corrected chi connectivity index (χ2v) is 6.02. The summed E-state index contributed by atoms with van der Waals surface area (Å²) in [6.45, 7) is 6.34. The maximum Gasteiger partial charge on any atom is 0.251 e. The Morgan fingerprint density at radius 2 is 1.76 bits per heavy atom. The highest BCUT2D eigenvalue weighted by atomic mass is 16.3. The van der Waals surface area contributed by atoms with E-state index in [2.05, 4.69) is 15.7 Å². The van der Waals surface area contributed by atoms with Crippen LogP contribution in [0.1, 0.15) is 40.2 Å². The normalized spacial score (nSPS) is 11.8. The Hall–Kier alpha value is -2.83. The van der Waals surface area contributed by atoms with Crippen LogP contribution >= 0.6 is 0 Å². The van der Waals surface area contributed by atoms with E-state index in [4.69, 9.17) is 0 Å². The smallest absolute Gasteiger partial charge is 0.251 e. The molecular weight excluding hydrogens is 320 g/mol. The number of hydrogen-bond donors (Lipinski definition) is 3. The molecule has 0 aliphatic heterocycles. The van der Waals surface area contributed by atoms with E-state index in [1.807, 2.05) is 27.8 Å². The molecule has 0 bridgehead atoms. The molecule has 2 amide bonds. The molecule has 0 spiro atoms. The van der Waals surface area contributed by atoms with Crippen LogP contribution in [-0.2, 0) is 11.8 Å². The largest absolute Gasteiger partial charge is 0.508 e. The number of phenolic OH excluding ortho intramolecular Hbond substituents is 1. The number of rotatable bonds is 6. The fourth-order valence-electron chi connectivity index (χ4n) is 2.78. The fraction of sp³-hybridized carbons (Fsp3) is 0.389. The predicted molar refractivity (Wildman–Crippen MR) is 94.5 cm³/mol. The van der Waals surface area contributed by atoms with Gasteiger partial charge in [-0.15, -0.1) is 0 Å². The number of hydrogen-bond acceptors (Lipinski definition) is 4. The van der Waals surface area contributed by atoms with Crippen molar-refractivity contribution in [1.82, 2.24) is 20.4 Å². The molecule has 1 aromatic heterocycles. The number of aryl methyl sites for hydroxylation is 2. The molecule has 2 aromatic rings. The van der Waals surface area contributed by atoms with Gasteiger partial charge in [-0.1, -0.05) is 0 Å². The molecule has 1 unspecified atom stereocenters. The van der Waals surface area contributed by atoms with E-state index in [1.165, 1.54) is 12.1 Å². The number of aromatic hydroxyl groups is 1. The van der Waals surface area contributed by atoms with Crippen molar-refractivity contribution in [2.45, 2.75) is 26.7 Å². The van der Waals surface area contributed by atoms with Crippen molar-refractivity contribution in [3.63, 3.8) is 0 Å². The van der Waals surface area contributed by atoms with Gasteiger partial charge in [0.1, 0.15) is 5.75 Å². The lowest BCUT2D eigenvalue weighted by Crippen LogP contribution is -2.36. The summed E-state index contributed by atoms with van der Waals surface area (Å²) in [5, 5.41) is 19.1. The van der Waals surface area contributed by atoms with Gasteiger partial charge in [0.15, 0.2) is 0 Å². The monoisotopic (exact) mass is 344 g/mol. The van der Waals surface area contributed by atoms with Gasteiger partial charge in [0.05, 0.1) is 11.6 Å². The summed E-state index contributed by atoms with van der Waals surface area (Å²) in [5.74, 6) is -0.542. The summed E-state index contributed by atoms with van der Waals surface area (Å²) in [7, 11) is 1.86. The quantitative estimate of drug-likeness (QED) is 0.690. The van der Waals surface area contributed by atoms with E-state index < -0.39 is 0 Å². The summed E-state index contributed by atoms with van der Waals surface area (Å²) in [6, 6.07) is 5.99. The molecule has 0 fully saturated rings. The van der Waals surface area contributed by atoms with Gasteiger partial charge in [-0.05, 0) is 45.0 Å². The van der Waals surface area contributed by atoms with Gasteiger partial charge in [-0.25, -0.2) is 0 Å². The van der Waals surface area contributed by atoms with E-state index in [9.17, 15) is 14.7 Å². The minimum absolute atomic E-state index is 0.0990. The molecule has 0 radical (unpaired) electrons. The SMILES string of the molecule is Cc1nn(C)c(C)c1C(C)C(=O)NCCNC(=O)c1ccc(O)cc1. The Labute approximate surface area is 147 Å². The van der Waals surface area contributed by atoms with E-state index in [0.29, 0.717) is 18.7 Å². The topological polar surface area (TPSA) is 96.3 Å². The Balaban J connectivity index is 1.82. The van der Waals surface area contributed by atoms with E-state index in [0.717, 1.165) is 17.0 Å². The maximum absolute atomic E-state index is 12.3. The molecule has 0 saturated heterocycles. The van der Waals surface area contributed by atoms with E-state index in [1.54, 1.807) is 16.8 Å². The van der Waals surface area contributed by atoms with Crippen LogP contribution in [0.4, 0.5) is 0 Å². The van der Waals surface area contributed by atoms with Crippen LogP contribution in [0.2, 0.25) is 0 Å². The van der Waals surface area contributed by atoms with Gasteiger partial charge >= 0.3 is 0 Å². The zero-order valence-electron chi connectivity index (χ0n) is 15.0. The number of nitrogens with one attached hydrogen (secondary N) is 2. The van der Waals surface area contributed by atoms with E-state index >= 15 is 0 Å². The average molecular weight is 344 g/mol. The first kappa shape index (κ1) is 18.5. The standard InChI is InChI=1S/C18H24N4O3/c1-11(16-12(2)21-22(4)13(16)3)17(24)19-9-10-20-18(25)14-5-7-15(23)8-6-14/h5-8,11,23H,9-10H2,1-4H3,(H,19,24)(H,20,25). The predicted octanol–water partition coefficient (Wildman–Crippen LogP) is 1.39. The minimum Gasteiger partial charge on any atom is -0.508 e. The zero-order valence-corrected chi connectivity index (χ0v) is 15.0. The van der Waals surface area contributed by atoms with Crippen LogP contribution in [0.25, 0.3) is 0 Å². The molecule has 7 heteroatoms. The first-order chi connectivity index (χ1) is 11.8. The summed E-state index contributed by atoms with van der Waals surface area (Å²) >= 11 is 0. The molecule has 0 aliphatic carbocycles. The molecule has 1 aromatic carbocycles. The Morgan fingerprint density at radius 1 is 1.16 bits per heavy atom. The van der Waals surface area contributed by atoms with Gasteiger partial charge in [0.25, 0.3) is 5.91 Å². The van der Waals surface area contributed by atoms with Crippen molar-refractivity contribution in [3.05, 3.63) is 46.8 Å². The van der Waals surface area contributed by atoms with Crippen molar-refractivity contribution in [3.8, 4) is 5.75 Å². The van der Waals surface area contributed by atoms with Crippen molar-refractivity contribution < 1.29 is 14.7 Å². The average Bonchev–Trinajstić information content (AvgIpc) is 2.83. The third-order valence-electron chi connectivity index (χ3n) is 4.23. The number of aromatic nitrogens is 2. The zero-order chi connectivity index (χ0) is 18.6. The van der Waals surface area contributed by atoms with Crippen molar-refractivity contribution >= 4 is 11.8 Å². The van der Waals surface area contributed by atoms with Crippen LogP contribution in [0.15, 0.2) is 24.3 Å². The van der Waals surface area contributed by atoms with Crippen LogP contribution < -0.4 is 10.6 Å². The van der Waals surface area contributed by atoms with Crippen LogP contribution in [0.3, 0.4) is 0 Å². The van der Waals surface area contributed by atoms with Crippen molar-refractivity contribution in [1.29, 1.82) is 0 Å². The molecular formula is C18H24N4O3. The Morgan fingerprint density at radius 3 is 2.32 bits per heavy atom. The number of carbonyl (C=O) groups excluding carboxylic acids is 2. The number of benzene rings is 1. The third-order valence-corrected chi connectivity index (χ3v) is 4.23. The van der Waals surface area contributed by atoms with Crippen molar-refractivity contribution in [2.75, 3.05) is 13.1 Å². The van der Waals surface area contributed by atoms with Gasteiger partial charge in [0.2, 0.25) is 5.91 Å². The molecule has 25 heavy (non-hydrogen) atoms. The highest BCUT2D eigenvalue weighted by Gasteiger charge is 2.22. The number of amides is 2. The van der Waals surface area contributed by atoms with Gasteiger partial charge in [-0.2, -0.15) is 5.10 Å². The number of nitrogens with zero attached hydrogens (tertiary/aromatic N) is 2. The van der Waals surface area contributed by atoms with Crippen molar-refractivity contribution in [2.24, 2.45) is 7.05 Å². The summed E-state index contributed by atoms with van der Waals surface area (Å²) in [6.07, 6.45) is 0. The molecule has 1 atom stereocenters. The Bertz CT molecular complexity index is 765. The van der Waals surface area contributed by atoms with Crippen LogP contribution in [0.5, 0.6) is 5.75 Å². The summed E-state index contributed by atoms with van der Waals surface area (Å²) < 4.78 is 1.77. The second kappa shape index (κ2) is 7.83. The molecule has 134 valence electrons. The van der Waals surface area contributed by atoms with Gasteiger partial charge in [-0.3, -0.25) is 14.3 Å². The molecule has 7 nitrogen and oxygen atoms in total. The second-order valence-electron chi connectivity index (χ2n) is 6.02. The third kappa shape index (κ3) is 4.37. The van der Waals surface area contributed by atoms with Crippen LogP contribution in [0, 0.1) is 13.8 Å². The molecule has 0 aliphatic rings. The van der Waals surface area contributed by atoms with Gasteiger partial charge < -0.3 is 15.7 Å². The summed E-state index contributed by atoms with van der Waals surface area (Å²) in [4.78, 5) is 24.3. The first-order valence-corrected chi connectivity index (χ1v) is 8.16. The lowest BCUT2D eigenvalue weighted by molar-refractivity contribution is -0.122. The Kier molecular flexibility index (Phi) is 5.80. The maximum atomic E-state index is 12.3. The number of phenols is 1.